The number of phenolic OH excluding ortho intramolecular Hbond substituents is 3. The number of aryl methyl sites for hydroxylation is 1. The van der Waals surface area contributed by atoms with E-state index in [4.69, 9.17) is 10.2 Å². The van der Waals surface area contributed by atoms with E-state index >= 15 is 0 Å². The summed E-state index contributed by atoms with van der Waals surface area (Å²) < 4.78 is 0. The highest BCUT2D eigenvalue weighted by Crippen LogP contribution is 2.37. The molecule has 0 saturated carbocycles. The van der Waals surface area contributed by atoms with Gasteiger partial charge in [-0.05, 0) is 23.8 Å². The van der Waals surface area contributed by atoms with Crippen LogP contribution in [0.1, 0.15) is 5.56 Å². The van der Waals surface area contributed by atoms with Crippen molar-refractivity contribution in [2.24, 2.45) is 0 Å². The van der Waals surface area contributed by atoms with E-state index in [0.29, 0.717) is 17.7 Å². The number of phenols is 3. The van der Waals surface area contributed by atoms with E-state index in [2.05, 4.69) is 12.6 Å². The fourth-order valence-electron chi connectivity index (χ4n) is 0.933. The third kappa shape index (κ3) is 1.58. The van der Waals surface area contributed by atoms with Gasteiger partial charge >= 0.3 is 0 Å². The molecule has 3 N–H and O–H groups in total. The van der Waals surface area contributed by atoms with Crippen LogP contribution in [0.5, 0.6) is 17.2 Å². The third-order valence-corrected chi connectivity index (χ3v) is 1.82. The summed E-state index contributed by atoms with van der Waals surface area (Å²) in [4.78, 5) is 0. The van der Waals surface area contributed by atoms with Crippen molar-refractivity contribution in [3.8, 4) is 17.2 Å². The summed E-state index contributed by atoms with van der Waals surface area (Å²) in [5.74, 6) is -0.452. The van der Waals surface area contributed by atoms with E-state index < -0.39 is 5.75 Å². The molecule has 0 aliphatic heterocycles. The first-order chi connectivity index (χ1) is 5.66. The van der Waals surface area contributed by atoms with Crippen molar-refractivity contribution in [2.45, 2.75) is 6.42 Å². The van der Waals surface area contributed by atoms with E-state index in [-0.39, 0.29) is 11.5 Å². The molecule has 66 valence electrons. The Morgan fingerprint density at radius 1 is 1.08 bits per heavy atom. The monoisotopic (exact) mass is 186 g/mol. The number of hydrogen-bond donors (Lipinski definition) is 4. The molecular formula is C8H10O3S. The molecule has 0 spiro atoms. The molecule has 12 heavy (non-hydrogen) atoms. The Morgan fingerprint density at radius 3 is 2.33 bits per heavy atom. The minimum Gasteiger partial charge on any atom is -0.504 e. The fourth-order valence-corrected chi connectivity index (χ4v) is 1.17. The van der Waals surface area contributed by atoms with Crippen molar-refractivity contribution in [2.75, 3.05) is 5.75 Å². The Labute approximate surface area is 75.7 Å². The topological polar surface area (TPSA) is 60.7 Å². The van der Waals surface area contributed by atoms with Crippen molar-refractivity contribution in [1.82, 2.24) is 0 Å². The van der Waals surface area contributed by atoms with E-state index in [9.17, 15) is 5.11 Å². The van der Waals surface area contributed by atoms with Gasteiger partial charge in [-0.15, -0.1) is 0 Å². The number of thiol groups is 1. The highest BCUT2D eigenvalue weighted by molar-refractivity contribution is 7.80. The standard InChI is InChI=1S/C8H10O3S/c9-6-2-1-5(3-4-12)7(10)8(6)11/h1-2,9-12H,3-4H2. The molecular weight excluding hydrogens is 176 g/mol. The minimum atomic E-state index is -0.464. The largest absolute Gasteiger partial charge is 0.504 e. The molecule has 0 aromatic heterocycles. The maximum atomic E-state index is 9.27. The third-order valence-electron chi connectivity index (χ3n) is 1.59. The lowest BCUT2D eigenvalue weighted by Crippen LogP contribution is -1.87. The molecule has 0 fully saturated rings. The predicted octanol–water partition coefficient (Wildman–Crippen LogP) is 1.28. The van der Waals surface area contributed by atoms with Crippen LogP contribution in [0.25, 0.3) is 0 Å². The van der Waals surface area contributed by atoms with Crippen LogP contribution in [0.4, 0.5) is 0 Å². The van der Waals surface area contributed by atoms with Gasteiger partial charge in [-0.2, -0.15) is 12.6 Å². The molecule has 0 heterocycles. The molecule has 0 atom stereocenters. The lowest BCUT2D eigenvalue weighted by Gasteiger charge is -2.05. The second-order valence-electron chi connectivity index (χ2n) is 2.41. The molecule has 3 nitrogen and oxygen atoms in total. The first kappa shape index (κ1) is 9.06. The number of aromatic hydroxyl groups is 3. The summed E-state index contributed by atoms with van der Waals surface area (Å²) in [5.41, 5.74) is 0.584. The summed E-state index contributed by atoms with van der Waals surface area (Å²) in [6, 6.07) is 2.90. The maximum Gasteiger partial charge on any atom is 0.200 e. The second-order valence-corrected chi connectivity index (χ2v) is 2.86. The Hall–Kier alpha value is -1.03. The molecule has 0 radical (unpaired) electrons. The summed E-state index contributed by atoms with van der Waals surface area (Å²) in [6.07, 6.45) is 0.558. The van der Waals surface area contributed by atoms with E-state index in [1.165, 1.54) is 6.07 Å². The average molecular weight is 186 g/mol. The summed E-state index contributed by atoms with van der Waals surface area (Å²) in [7, 11) is 0. The molecule has 1 aromatic carbocycles. The lowest BCUT2D eigenvalue weighted by molar-refractivity contribution is 0.365. The van der Waals surface area contributed by atoms with Crippen molar-refractivity contribution in [1.29, 1.82) is 0 Å². The number of hydrogen-bond acceptors (Lipinski definition) is 4. The lowest BCUT2D eigenvalue weighted by atomic mass is 10.1. The van der Waals surface area contributed by atoms with Crippen molar-refractivity contribution in [3.05, 3.63) is 17.7 Å². The molecule has 0 aliphatic carbocycles. The van der Waals surface area contributed by atoms with Crippen LogP contribution in [0, 0.1) is 0 Å². The Balaban J connectivity index is 3.08. The van der Waals surface area contributed by atoms with Gasteiger partial charge in [-0.25, -0.2) is 0 Å². The number of benzene rings is 1. The molecule has 1 aromatic rings. The molecule has 0 aliphatic rings. The van der Waals surface area contributed by atoms with Gasteiger partial charge in [0, 0.05) is 0 Å². The zero-order valence-electron chi connectivity index (χ0n) is 6.36. The van der Waals surface area contributed by atoms with E-state index in [1.807, 2.05) is 0 Å². The first-order valence-corrected chi connectivity index (χ1v) is 4.13. The fraction of sp³-hybridized carbons (Fsp3) is 0.250. The Kier molecular flexibility index (Phi) is 2.70. The zero-order valence-corrected chi connectivity index (χ0v) is 7.25. The average Bonchev–Trinajstić information content (AvgIpc) is 2.07. The van der Waals surface area contributed by atoms with Gasteiger partial charge in [0.15, 0.2) is 11.5 Å². The van der Waals surface area contributed by atoms with Crippen LogP contribution in [-0.4, -0.2) is 21.1 Å². The van der Waals surface area contributed by atoms with Gasteiger partial charge < -0.3 is 15.3 Å². The highest BCUT2D eigenvalue weighted by atomic mass is 32.1. The van der Waals surface area contributed by atoms with E-state index in [0.717, 1.165) is 0 Å². The molecule has 0 saturated heterocycles. The van der Waals surface area contributed by atoms with Crippen LogP contribution < -0.4 is 0 Å². The van der Waals surface area contributed by atoms with Crippen LogP contribution in [0.3, 0.4) is 0 Å². The summed E-state index contributed by atoms with van der Waals surface area (Å²) >= 11 is 3.98. The molecule has 0 amide bonds. The van der Waals surface area contributed by atoms with Crippen molar-refractivity contribution in [3.63, 3.8) is 0 Å². The SMILES string of the molecule is Oc1ccc(CCS)c(O)c1O. The highest BCUT2D eigenvalue weighted by Gasteiger charge is 2.09. The normalized spacial score (nSPS) is 10.1. The van der Waals surface area contributed by atoms with E-state index in [1.54, 1.807) is 6.07 Å². The van der Waals surface area contributed by atoms with Crippen LogP contribution in [0.2, 0.25) is 0 Å². The summed E-state index contributed by atoms with van der Waals surface area (Å²) in [5, 5.41) is 27.3. The Bertz CT molecular complexity index is 286. The smallest absolute Gasteiger partial charge is 0.200 e. The summed E-state index contributed by atoms with van der Waals surface area (Å²) in [6.45, 7) is 0. The van der Waals surface area contributed by atoms with Gasteiger partial charge in [-0.1, -0.05) is 6.07 Å². The first-order valence-electron chi connectivity index (χ1n) is 3.50. The van der Waals surface area contributed by atoms with Crippen molar-refractivity contribution < 1.29 is 15.3 Å². The predicted molar refractivity (Wildman–Crippen MR) is 49.0 cm³/mol. The molecule has 4 heteroatoms. The maximum absolute atomic E-state index is 9.27. The second kappa shape index (κ2) is 3.58. The van der Waals surface area contributed by atoms with Crippen LogP contribution in [0.15, 0.2) is 12.1 Å². The van der Waals surface area contributed by atoms with Gasteiger partial charge in [0.2, 0.25) is 5.75 Å². The van der Waals surface area contributed by atoms with Gasteiger partial charge in [0.1, 0.15) is 0 Å². The van der Waals surface area contributed by atoms with Gasteiger partial charge in [0.25, 0.3) is 0 Å². The van der Waals surface area contributed by atoms with Crippen molar-refractivity contribution >= 4 is 12.6 Å². The van der Waals surface area contributed by atoms with Crippen LogP contribution in [-0.2, 0) is 6.42 Å². The zero-order chi connectivity index (χ0) is 9.14. The van der Waals surface area contributed by atoms with Crippen LogP contribution >= 0.6 is 12.6 Å². The minimum absolute atomic E-state index is 0.260. The quantitative estimate of drug-likeness (QED) is 0.415. The molecule has 0 unspecified atom stereocenters. The molecule has 1 rings (SSSR count). The van der Waals surface area contributed by atoms with Gasteiger partial charge in [-0.3, -0.25) is 0 Å². The van der Waals surface area contributed by atoms with Gasteiger partial charge in [0.05, 0.1) is 0 Å². The Morgan fingerprint density at radius 2 is 1.75 bits per heavy atom. The number of rotatable bonds is 2. The molecule has 0 bridgehead atoms.